The molecule has 1 heterocycles. The fourth-order valence-electron chi connectivity index (χ4n) is 1.36. The van der Waals surface area contributed by atoms with Crippen LogP contribution in [0.15, 0.2) is 12.3 Å². The summed E-state index contributed by atoms with van der Waals surface area (Å²) in [5.74, 6) is -1.20. The summed E-state index contributed by atoms with van der Waals surface area (Å²) in [6.45, 7) is 5.88. The lowest BCUT2D eigenvalue weighted by molar-refractivity contribution is 0.0599. The van der Waals surface area contributed by atoms with Crippen molar-refractivity contribution in [3.63, 3.8) is 0 Å². The first kappa shape index (κ1) is 16.7. The highest BCUT2D eigenvalue weighted by atomic mass is 32.2. The number of methoxy groups -OCH3 is 1. The second kappa shape index (κ2) is 6.90. The predicted octanol–water partition coefficient (Wildman–Crippen LogP) is 1.60. The van der Waals surface area contributed by atoms with Crippen molar-refractivity contribution in [2.24, 2.45) is 0 Å². The first-order chi connectivity index (χ1) is 9.25. The van der Waals surface area contributed by atoms with Crippen molar-refractivity contribution in [3.8, 4) is 0 Å². The first-order valence-corrected chi connectivity index (χ1v) is 7.29. The summed E-state index contributed by atoms with van der Waals surface area (Å²) in [7, 11) is 0.0170. The van der Waals surface area contributed by atoms with E-state index in [0.717, 1.165) is 6.07 Å². The van der Waals surface area contributed by atoms with Crippen LogP contribution in [0.3, 0.4) is 0 Å². The summed E-state index contributed by atoms with van der Waals surface area (Å²) < 4.78 is 32.4. The summed E-state index contributed by atoms with van der Waals surface area (Å²) in [5, 5.41) is 0. The molecule has 1 unspecified atom stereocenters. The number of halogens is 1. The van der Waals surface area contributed by atoms with E-state index in [0.29, 0.717) is 6.54 Å². The third-order valence-corrected chi connectivity index (χ3v) is 4.07. The van der Waals surface area contributed by atoms with Gasteiger partial charge in [0.2, 0.25) is 0 Å². The maximum absolute atomic E-state index is 13.7. The van der Waals surface area contributed by atoms with Gasteiger partial charge >= 0.3 is 5.97 Å². The van der Waals surface area contributed by atoms with Crippen LogP contribution in [0, 0.1) is 5.82 Å². The molecule has 0 amide bonds. The number of nitrogens with one attached hydrogen (secondary N) is 1. The summed E-state index contributed by atoms with van der Waals surface area (Å²) in [4.78, 5) is 15.1. The molecule has 7 heteroatoms. The second-order valence-electron chi connectivity index (χ2n) is 5.17. The van der Waals surface area contributed by atoms with Crippen LogP contribution in [0.25, 0.3) is 0 Å². The average molecular weight is 302 g/mol. The first-order valence-electron chi connectivity index (χ1n) is 6.14. The van der Waals surface area contributed by atoms with E-state index in [1.54, 1.807) is 0 Å². The van der Waals surface area contributed by atoms with Gasteiger partial charge < -0.3 is 4.74 Å². The molecule has 5 nitrogen and oxygen atoms in total. The maximum Gasteiger partial charge on any atom is 0.339 e. The molecule has 1 aromatic heterocycles. The molecule has 112 valence electrons. The number of carbonyl (C=O) groups is 1. The smallest absolute Gasteiger partial charge is 0.339 e. The van der Waals surface area contributed by atoms with Gasteiger partial charge in [-0.2, -0.15) is 0 Å². The highest BCUT2D eigenvalue weighted by Crippen LogP contribution is 2.10. The minimum absolute atomic E-state index is 0.0694. The molecule has 1 N–H and O–H groups in total. The number of hydrogen-bond donors (Lipinski definition) is 1. The van der Waals surface area contributed by atoms with E-state index in [1.807, 2.05) is 20.8 Å². The van der Waals surface area contributed by atoms with Gasteiger partial charge in [-0.25, -0.2) is 18.1 Å². The molecule has 0 saturated carbocycles. The van der Waals surface area contributed by atoms with E-state index in [9.17, 15) is 13.4 Å². The number of rotatable bonds is 5. The van der Waals surface area contributed by atoms with Crippen LogP contribution in [0.5, 0.6) is 0 Å². The van der Waals surface area contributed by atoms with Crippen LogP contribution in [0.1, 0.15) is 36.8 Å². The SMILES string of the molecule is COC(=O)c1cnc(CCNS(=O)C(C)(C)C)c(F)c1. The number of hydrogen-bond acceptors (Lipinski definition) is 4. The van der Waals surface area contributed by atoms with Crippen molar-refractivity contribution in [2.75, 3.05) is 13.7 Å². The number of pyridine rings is 1. The summed E-state index contributed by atoms with van der Waals surface area (Å²) in [6.07, 6.45) is 1.56. The number of carbonyl (C=O) groups excluding carboxylic acids is 1. The van der Waals surface area contributed by atoms with Crippen LogP contribution in [-0.2, 0) is 22.1 Å². The molecule has 0 aliphatic heterocycles. The zero-order valence-corrected chi connectivity index (χ0v) is 12.8. The van der Waals surface area contributed by atoms with E-state index in [2.05, 4.69) is 14.4 Å². The van der Waals surface area contributed by atoms with Crippen LogP contribution >= 0.6 is 0 Å². The molecule has 0 radical (unpaired) electrons. The summed E-state index contributed by atoms with van der Waals surface area (Å²) >= 11 is 0. The molecule has 1 atom stereocenters. The molecule has 0 fully saturated rings. The molecular weight excluding hydrogens is 283 g/mol. The van der Waals surface area contributed by atoms with Gasteiger partial charge in [0.25, 0.3) is 0 Å². The van der Waals surface area contributed by atoms with Gasteiger partial charge in [-0.3, -0.25) is 4.98 Å². The third kappa shape index (κ3) is 4.64. The normalized spacial score (nSPS) is 13.1. The van der Waals surface area contributed by atoms with Gasteiger partial charge in [0, 0.05) is 19.2 Å². The Bertz CT molecular complexity index is 515. The lowest BCUT2D eigenvalue weighted by atomic mass is 10.2. The Hall–Kier alpha value is -1.34. The third-order valence-electron chi connectivity index (χ3n) is 2.49. The second-order valence-corrected chi connectivity index (χ2v) is 7.22. The summed E-state index contributed by atoms with van der Waals surface area (Å²) in [6, 6.07) is 1.09. The molecule has 0 aliphatic rings. The molecule has 0 saturated heterocycles. The monoisotopic (exact) mass is 302 g/mol. The highest BCUT2D eigenvalue weighted by Gasteiger charge is 2.19. The summed E-state index contributed by atoms with van der Waals surface area (Å²) in [5.41, 5.74) is 0.288. The number of esters is 1. The zero-order chi connectivity index (χ0) is 15.3. The molecule has 0 spiro atoms. The van der Waals surface area contributed by atoms with Gasteiger partial charge in [0.1, 0.15) is 5.82 Å². The van der Waals surface area contributed by atoms with Gasteiger partial charge in [0.15, 0.2) is 0 Å². The van der Waals surface area contributed by atoms with E-state index in [1.165, 1.54) is 13.3 Å². The Morgan fingerprint density at radius 1 is 1.50 bits per heavy atom. The van der Waals surface area contributed by atoms with E-state index in [-0.39, 0.29) is 22.4 Å². The van der Waals surface area contributed by atoms with Gasteiger partial charge in [-0.15, -0.1) is 0 Å². The van der Waals surface area contributed by atoms with E-state index in [4.69, 9.17) is 0 Å². The lowest BCUT2D eigenvalue weighted by Crippen LogP contribution is -2.34. The fraction of sp³-hybridized carbons (Fsp3) is 0.538. The van der Waals surface area contributed by atoms with Crippen molar-refractivity contribution >= 4 is 17.0 Å². The molecule has 20 heavy (non-hydrogen) atoms. The Kier molecular flexibility index (Phi) is 5.76. The Morgan fingerprint density at radius 2 is 2.15 bits per heavy atom. The Morgan fingerprint density at radius 3 is 2.65 bits per heavy atom. The fourth-order valence-corrected chi connectivity index (χ4v) is 2.08. The largest absolute Gasteiger partial charge is 0.465 e. The molecule has 1 rings (SSSR count). The van der Waals surface area contributed by atoms with Crippen LogP contribution < -0.4 is 4.72 Å². The van der Waals surface area contributed by atoms with Gasteiger partial charge in [-0.05, 0) is 26.8 Å². The van der Waals surface area contributed by atoms with Crippen molar-refractivity contribution < 1.29 is 18.1 Å². The van der Waals surface area contributed by atoms with Crippen molar-refractivity contribution in [1.29, 1.82) is 0 Å². The standard InChI is InChI=1S/C13H19FN2O3S/c1-13(2,3)20(18)16-6-5-11-10(14)7-9(8-15-11)12(17)19-4/h7-8,16H,5-6H2,1-4H3. The minimum atomic E-state index is -1.21. The predicted molar refractivity (Wildman–Crippen MR) is 75.1 cm³/mol. The van der Waals surface area contributed by atoms with Gasteiger partial charge in [-0.1, -0.05) is 0 Å². The highest BCUT2D eigenvalue weighted by molar-refractivity contribution is 7.84. The molecule has 0 aromatic carbocycles. The van der Waals surface area contributed by atoms with Crippen LogP contribution in [0.2, 0.25) is 0 Å². The number of aromatic nitrogens is 1. The molecule has 0 bridgehead atoms. The lowest BCUT2D eigenvalue weighted by Gasteiger charge is -2.17. The number of ether oxygens (including phenoxy) is 1. The average Bonchev–Trinajstić information content (AvgIpc) is 2.38. The minimum Gasteiger partial charge on any atom is -0.465 e. The molecular formula is C13H19FN2O3S. The van der Waals surface area contributed by atoms with E-state index >= 15 is 0 Å². The van der Waals surface area contributed by atoms with Crippen molar-refractivity contribution in [3.05, 3.63) is 29.3 Å². The molecule has 1 aromatic rings. The Balaban J connectivity index is 2.62. The van der Waals surface area contributed by atoms with Crippen molar-refractivity contribution in [1.82, 2.24) is 9.71 Å². The van der Waals surface area contributed by atoms with Crippen LogP contribution in [-0.4, -0.2) is 33.6 Å². The van der Waals surface area contributed by atoms with Crippen molar-refractivity contribution in [2.45, 2.75) is 31.9 Å². The Labute approximate surface area is 120 Å². The maximum atomic E-state index is 13.7. The quantitative estimate of drug-likeness (QED) is 0.839. The van der Waals surface area contributed by atoms with E-state index < -0.39 is 22.8 Å². The van der Waals surface area contributed by atoms with Gasteiger partial charge in [0.05, 0.1) is 34.1 Å². The van der Waals surface area contributed by atoms with Crippen LogP contribution in [0.4, 0.5) is 4.39 Å². The number of nitrogens with zero attached hydrogens (tertiary/aromatic N) is 1. The molecule has 0 aliphatic carbocycles. The topological polar surface area (TPSA) is 68.3 Å². The zero-order valence-electron chi connectivity index (χ0n) is 12.0.